The summed E-state index contributed by atoms with van der Waals surface area (Å²) in [7, 11) is 0. The lowest BCUT2D eigenvalue weighted by molar-refractivity contribution is -0.139. The third-order valence-corrected chi connectivity index (χ3v) is 5.09. The Bertz CT molecular complexity index is 672. The smallest absolute Gasteiger partial charge is 0.337 e. The number of aliphatic hydroxyl groups is 1. The molecule has 0 unspecified atom stereocenters. The van der Waals surface area contributed by atoms with Gasteiger partial charge in [-0.1, -0.05) is 18.2 Å². The summed E-state index contributed by atoms with van der Waals surface area (Å²) in [5.41, 5.74) is 1.77. The largest absolute Gasteiger partial charge is 0.463 e. The van der Waals surface area contributed by atoms with Gasteiger partial charge in [-0.25, -0.2) is 4.79 Å². The zero-order chi connectivity index (χ0) is 15.5. The summed E-state index contributed by atoms with van der Waals surface area (Å²) < 4.78 is 5.20. The average molecular weight is 300 g/mol. The van der Waals surface area contributed by atoms with E-state index in [0.717, 1.165) is 17.8 Å². The van der Waals surface area contributed by atoms with Gasteiger partial charge in [0.05, 0.1) is 18.2 Å². The lowest BCUT2D eigenvalue weighted by atomic mass is 9.93. The molecule has 3 aliphatic heterocycles. The fraction of sp³-hybridized carbons (Fsp3) is 0.471. The van der Waals surface area contributed by atoms with Gasteiger partial charge in [-0.2, -0.15) is 0 Å². The maximum Gasteiger partial charge on any atom is 0.337 e. The van der Waals surface area contributed by atoms with E-state index in [4.69, 9.17) is 4.74 Å². The Balaban J connectivity index is 1.83. The fourth-order valence-corrected chi connectivity index (χ4v) is 4.12. The number of esters is 1. The molecule has 5 heteroatoms. The molecule has 116 valence electrons. The SMILES string of the molecule is CCOC(=O)C1=CN2CC[C@]3(O)c4ccccc4N([C@H]1C)[C@H]23. The van der Waals surface area contributed by atoms with Crippen molar-refractivity contribution in [3.8, 4) is 0 Å². The van der Waals surface area contributed by atoms with E-state index >= 15 is 0 Å². The number of carbonyl (C=O) groups is 1. The van der Waals surface area contributed by atoms with Crippen LogP contribution in [0.4, 0.5) is 5.69 Å². The van der Waals surface area contributed by atoms with Crippen LogP contribution in [-0.4, -0.2) is 41.3 Å². The predicted molar refractivity (Wildman–Crippen MR) is 82.1 cm³/mol. The topological polar surface area (TPSA) is 53.0 Å². The number of carbonyl (C=O) groups excluding carboxylic acids is 1. The summed E-state index contributed by atoms with van der Waals surface area (Å²) in [6, 6.07) is 7.83. The van der Waals surface area contributed by atoms with Crippen molar-refractivity contribution in [1.82, 2.24) is 4.90 Å². The number of rotatable bonds is 2. The van der Waals surface area contributed by atoms with Crippen LogP contribution in [-0.2, 0) is 15.1 Å². The van der Waals surface area contributed by atoms with E-state index in [1.165, 1.54) is 0 Å². The van der Waals surface area contributed by atoms with Crippen molar-refractivity contribution < 1.29 is 14.6 Å². The van der Waals surface area contributed by atoms with E-state index in [1.54, 1.807) is 0 Å². The molecular formula is C17H20N2O3. The maximum absolute atomic E-state index is 12.3. The number of anilines is 1. The number of benzene rings is 1. The van der Waals surface area contributed by atoms with Crippen LogP contribution in [0.25, 0.3) is 0 Å². The maximum atomic E-state index is 12.3. The minimum Gasteiger partial charge on any atom is -0.463 e. The lowest BCUT2D eigenvalue weighted by Crippen LogP contribution is -2.56. The highest BCUT2D eigenvalue weighted by Crippen LogP contribution is 2.53. The molecule has 3 atom stereocenters. The number of ether oxygens (including phenoxy) is 1. The van der Waals surface area contributed by atoms with Gasteiger partial charge in [-0.05, 0) is 19.9 Å². The molecule has 0 amide bonds. The van der Waals surface area contributed by atoms with Crippen molar-refractivity contribution in [2.45, 2.75) is 38.1 Å². The Labute approximate surface area is 129 Å². The van der Waals surface area contributed by atoms with E-state index in [1.807, 2.05) is 44.3 Å². The van der Waals surface area contributed by atoms with Gasteiger partial charge in [0, 0.05) is 30.4 Å². The highest BCUT2D eigenvalue weighted by Gasteiger charge is 2.59. The predicted octanol–water partition coefficient (Wildman–Crippen LogP) is 1.58. The van der Waals surface area contributed by atoms with Gasteiger partial charge in [0.25, 0.3) is 0 Å². The van der Waals surface area contributed by atoms with Gasteiger partial charge in [0.2, 0.25) is 0 Å². The van der Waals surface area contributed by atoms with Crippen LogP contribution in [0, 0.1) is 0 Å². The molecule has 0 radical (unpaired) electrons. The van der Waals surface area contributed by atoms with Crippen LogP contribution >= 0.6 is 0 Å². The summed E-state index contributed by atoms with van der Waals surface area (Å²) in [6.07, 6.45) is 2.43. The normalized spacial score (nSPS) is 31.7. The van der Waals surface area contributed by atoms with Gasteiger partial charge in [-0.15, -0.1) is 0 Å². The molecular weight excluding hydrogens is 280 g/mol. The quantitative estimate of drug-likeness (QED) is 0.840. The van der Waals surface area contributed by atoms with Crippen LogP contribution in [0.2, 0.25) is 0 Å². The molecule has 1 aromatic carbocycles. The third kappa shape index (κ3) is 1.54. The number of nitrogens with zero attached hydrogens (tertiary/aromatic N) is 2. The van der Waals surface area contributed by atoms with Crippen LogP contribution < -0.4 is 4.90 Å². The second-order valence-corrected chi connectivity index (χ2v) is 6.19. The zero-order valence-electron chi connectivity index (χ0n) is 12.8. The Morgan fingerprint density at radius 1 is 1.45 bits per heavy atom. The monoisotopic (exact) mass is 300 g/mol. The van der Waals surface area contributed by atoms with Crippen molar-refractivity contribution in [1.29, 1.82) is 0 Å². The summed E-state index contributed by atoms with van der Waals surface area (Å²) in [5.74, 6) is -0.270. The van der Waals surface area contributed by atoms with Crippen molar-refractivity contribution in [3.63, 3.8) is 0 Å². The van der Waals surface area contributed by atoms with Crippen LogP contribution in [0.3, 0.4) is 0 Å². The van der Waals surface area contributed by atoms with Gasteiger partial charge >= 0.3 is 5.97 Å². The highest BCUT2D eigenvalue weighted by molar-refractivity contribution is 5.91. The Morgan fingerprint density at radius 2 is 2.23 bits per heavy atom. The van der Waals surface area contributed by atoms with Gasteiger partial charge in [0.15, 0.2) is 0 Å². The molecule has 0 saturated carbocycles. The van der Waals surface area contributed by atoms with Gasteiger partial charge < -0.3 is 19.6 Å². The third-order valence-electron chi connectivity index (χ3n) is 5.09. The Hall–Kier alpha value is -2.01. The molecule has 0 aromatic heterocycles. The first-order valence-corrected chi connectivity index (χ1v) is 7.82. The van der Waals surface area contributed by atoms with Crippen molar-refractivity contribution >= 4 is 11.7 Å². The molecule has 0 bridgehead atoms. The second kappa shape index (κ2) is 4.49. The molecule has 0 spiro atoms. The molecule has 1 aromatic rings. The van der Waals surface area contributed by atoms with Crippen molar-refractivity contribution in [3.05, 3.63) is 41.6 Å². The molecule has 1 N–H and O–H groups in total. The van der Waals surface area contributed by atoms with Crippen LogP contribution in [0.15, 0.2) is 36.0 Å². The summed E-state index contributed by atoms with van der Waals surface area (Å²) in [6.45, 7) is 4.92. The minimum absolute atomic E-state index is 0.117. The van der Waals surface area contributed by atoms with Gasteiger partial charge in [-0.3, -0.25) is 0 Å². The lowest BCUT2D eigenvalue weighted by Gasteiger charge is -2.43. The van der Waals surface area contributed by atoms with E-state index in [0.29, 0.717) is 18.6 Å². The Morgan fingerprint density at radius 3 is 3.00 bits per heavy atom. The van der Waals surface area contributed by atoms with Gasteiger partial charge in [0.1, 0.15) is 11.8 Å². The first-order valence-electron chi connectivity index (χ1n) is 7.82. The minimum atomic E-state index is -0.860. The van der Waals surface area contributed by atoms with Crippen LogP contribution in [0.5, 0.6) is 0 Å². The molecule has 0 aliphatic carbocycles. The average Bonchev–Trinajstić information content (AvgIpc) is 2.98. The summed E-state index contributed by atoms with van der Waals surface area (Å²) in [5, 5.41) is 11.2. The van der Waals surface area contributed by atoms with E-state index < -0.39 is 5.60 Å². The van der Waals surface area contributed by atoms with Crippen molar-refractivity contribution in [2.75, 3.05) is 18.1 Å². The Kier molecular flexibility index (Phi) is 2.78. The fourth-order valence-electron chi connectivity index (χ4n) is 4.12. The van der Waals surface area contributed by atoms with E-state index in [2.05, 4.69) is 9.80 Å². The number of fused-ring (bicyclic) bond motifs is 3. The first kappa shape index (κ1) is 13.6. The van der Waals surface area contributed by atoms with E-state index in [-0.39, 0.29) is 18.2 Å². The standard InChI is InChI=1S/C17H20N2O3/c1-3-22-15(20)12-10-18-9-8-17(21)13-6-4-5-7-14(13)19(11(12)2)16(17)18/h4-7,10-11,16,21H,3,8-9H2,1-2H3/t11-,16-,17-/m0/s1. The molecule has 1 saturated heterocycles. The molecule has 22 heavy (non-hydrogen) atoms. The molecule has 1 fully saturated rings. The summed E-state index contributed by atoms with van der Waals surface area (Å²) in [4.78, 5) is 16.5. The van der Waals surface area contributed by atoms with E-state index in [9.17, 15) is 9.90 Å². The number of hydrogen-bond acceptors (Lipinski definition) is 5. The number of hydrogen-bond donors (Lipinski definition) is 1. The van der Waals surface area contributed by atoms with Crippen LogP contribution in [0.1, 0.15) is 25.8 Å². The second-order valence-electron chi connectivity index (χ2n) is 6.19. The zero-order valence-corrected chi connectivity index (χ0v) is 12.8. The van der Waals surface area contributed by atoms with Crippen molar-refractivity contribution in [2.24, 2.45) is 0 Å². The summed E-state index contributed by atoms with van der Waals surface area (Å²) >= 11 is 0. The molecule has 3 heterocycles. The number of para-hydroxylation sites is 1. The molecule has 5 nitrogen and oxygen atoms in total. The molecule has 4 rings (SSSR count). The highest BCUT2D eigenvalue weighted by atomic mass is 16.5. The first-order chi connectivity index (χ1) is 10.6. The molecule has 3 aliphatic rings.